The molecular weight excluding hydrogens is 368 g/mol. The molecule has 1 heterocycles. The molecule has 1 amide bonds. The fraction of sp³-hybridized carbons (Fsp3) is 0.222. The van der Waals surface area contributed by atoms with Crippen molar-refractivity contribution in [3.8, 4) is 5.75 Å². The van der Waals surface area contributed by atoms with E-state index < -0.39 is 36.0 Å². The summed E-state index contributed by atoms with van der Waals surface area (Å²) in [6.45, 7) is -0.499. The SMILES string of the molecule is O=C(COC(=O)[C@@H]1COc2ccc(Cl)cc2C1)Nc1cc(F)ccc1F. The summed E-state index contributed by atoms with van der Waals surface area (Å²) in [6.07, 6.45) is 0.370. The van der Waals surface area contributed by atoms with E-state index in [9.17, 15) is 18.4 Å². The number of halogens is 3. The van der Waals surface area contributed by atoms with Gasteiger partial charge in [-0.2, -0.15) is 0 Å². The van der Waals surface area contributed by atoms with Gasteiger partial charge in [0.15, 0.2) is 6.61 Å². The minimum atomic E-state index is -0.791. The van der Waals surface area contributed by atoms with E-state index in [2.05, 4.69) is 5.32 Å². The van der Waals surface area contributed by atoms with Crippen molar-refractivity contribution < 1.29 is 27.8 Å². The third-order valence-electron chi connectivity index (χ3n) is 3.81. The van der Waals surface area contributed by atoms with Crippen molar-refractivity contribution in [1.29, 1.82) is 0 Å². The summed E-state index contributed by atoms with van der Waals surface area (Å²) in [6, 6.07) is 7.77. The fourth-order valence-corrected chi connectivity index (χ4v) is 2.74. The zero-order valence-electron chi connectivity index (χ0n) is 13.4. The lowest BCUT2D eigenvalue weighted by atomic mass is 9.97. The summed E-state index contributed by atoms with van der Waals surface area (Å²) < 4.78 is 37.0. The highest BCUT2D eigenvalue weighted by atomic mass is 35.5. The normalized spacial score (nSPS) is 15.6. The van der Waals surface area contributed by atoms with Gasteiger partial charge in [-0.25, -0.2) is 8.78 Å². The van der Waals surface area contributed by atoms with E-state index >= 15 is 0 Å². The molecule has 0 saturated carbocycles. The largest absolute Gasteiger partial charge is 0.492 e. The molecule has 1 atom stereocenters. The molecule has 0 saturated heterocycles. The Bertz CT molecular complexity index is 859. The van der Waals surface area contributed by atoms with Crippen LogP contribution in [0.2, 0.25) is 5.02 Å². The highest BCUT2D eigenvalue weighted by Crippen LogP contribution is 2.30. The number of hydrogen-bond donors (Lipinski definition) is 1. The Morgan fingerprint density at radius 3 is 2.85 bits per heavy atom. The van der Waals surface area contributed by atoms with Crippen LogP contribution in [0, 0.1) is 17.6 Å². The lowest BCUT2D eigenvalue weighted by molar-refractivity contribution is -0.152. The van der Waals surface area contributed by atoms with Gasteiger partial charge in [-0.15, -0.1) is 0 Å². The van der Waals surface area contributed by atoms with Gasteiger partial charge in [-0.05, 0) is 42.3 Å². The molecule has 1 aliphatic rings. The third kappa shape index (κ3) is 4.29. The number of carbonyl (C=O) groups is 2. The van der Waals surface area contributed by atoms with Crippen LogP contribution in [0.1, 0.15) is 5.56 Å². The molecule has 5 nitrogen and oxygen atoms in total. The number of carbonyl (C=O) groups excluding carboxylic acids is 2. The number of nitrogens with one attached hydrogen (secondary N) is 1. The predicted molar refractivity (Wildman–Crippen MR) is 90.1 cm³/mol. The van der Waals surface area contributed by atoms with Crippen molar-refractivity contribution in [2.75, 3.05) is 18.5 Å². The second kappa shape index (κ2) is 7.70. The van der Waals surface area contributed by atoms with Gasteiger partial charge in [0, 0.05) is 11.1 Å². The minimum absolute atomic E-state index is 0.119. The number of rotatable bonds is 4. The predicted octanol–water partition coefficient (Wildman–Crippen LogP) is 3.35. The first-order valence-corrected chi connectivity index (χ1v) is 8.13. The lowest BCUT2D eigenvalue weighted by Gasteiger charge is -2.24. The van der Waals surface area contributed by atoms with Gasteiger partial charge in [0.1, 0.15) is 24.0 Å². The molecule has 2 aromatic carbocycles. The Morgan fingerprint density at radius 2 is 2.04 bits per heavy atom. The van der Waals surface area contributed by atoms with Gasteiger partial charge in [0.05, 0.1) is 11.6 Å². The maximum atomic E-state index is 13.5. The van der Waals surface area contributed by atoms with Crippen LogP contribution in [0.25, 0.3) is 0 Å². The topological polar surface area (TPSA) is 64.6 Å². The summed E-state index contributed by atoms with van der Waals surface area (Å²) in [5.74, 6) is -2.82. The zero-order valence-corrected chi connectivity index (χ0v) is 14.2. The van der Waals surface area contributed by atoms with E-state index in [0.29, 0.717) is 17.2 Å². The molecule has 0 aliphatic carbocycles. The molecule has 0 spiro atoms. The number of benzene rings is 2. The highest BCUT2D eigenvalue weighted by Gasteiger charge is 2.28. The average Bonchev–Trinajstić information content (AvgIpc) is 2.62. The van der Waals surface area contributed by atoms with Gasteiger partial charge in [0.2, 0.25) is 0 Å². The molecule has 0 unspecified atom stereocenters. The zero-order chi connectivity index (χ0) is 18.7. The fourth-order valence-electron chi connectivity index (χ4n) is 2.55. The third-order valence-corrected chi connectivity index (χ3v) is 4.05. The lowest BCUT2D eigenvalue weighted by Crippen LogP contribution is -2.32. The van der Waals surface area contributed by atoms with Crippen LogP contribution < -0.4 is 10.1 Å². The molecule has 2 aromatic rings. The second-order valence-corrected chi connectivity index (χ2v) is 6.18. The highest BCUT2D eigenvalue weighted by molar-refractivity contribution is 6.30. The minimum Gasteiger partial charge on any atom is -0.492 e. The standard InChI is InChI=1S/C18H14ClF2NO4/c19-12-1-4-16-10(6-12)5-11(8-25-16)18(24)26-9-17(23)22-15-7-13(20)2-3-14(15)21/h1-4,6-7,11H,5,8-9H2,(H,22,23)/t11-/m0/s1. The van der Waals surface area contributed by atoms with Crippen molar-refractivity contribution in [2.45, 2.75) is 6.42 Å². The van der Waals surface area contributed by atoms with Crippen LogP contribution in [0.3, 0.4) is 0 Å². The van der Waals surface area contributed by atoms with E-state index in [0.717, 1.165) is 23.8 Å². The molecule has 1 aliphatic heterocycles. The van der Waals surface area contributed by atoms with Crippen molar-refractivity contribution >= 4 is 29.2 Å². The van der Waals surface area contributed by atoms with Crippen LogP contribution in [0.4, 0.5) is 14.5 Å². The van der Waals surface area contributed by atoms with Gasteiger partial charge in [0.25, 0.3) is 5.91 Å². The molecule has 3 rings (SSSR count). The van der Waals surface area contributed by atoms with Crippen molar-refractivity contribution in [1.82, 2.24) is 0 Å². The van der Waals surface area contributed by atoms with Crippen LogP contribution in [0.5, 0.6) is 5.75 Å². The molecule has 1 N–H and O–H groups in total. The van der Waals surface area contributed by atoms with Crippen LogP contribution in [-0.2, 0) is 20.7 Å². The van der Waals surface area contributed by atoms with Crippen molar-refractivity contribution in [2.24, 2.45) is 5.92 Å². The van der Waals surface area contributed by atoms with Gasteiger partial charge < -0.3 is 14.8 Å². The molecule has 0 bridgehead atoms. The quantitative estimate of drug-likeness (QED) is 0.825. The monoisotopic (exact) mass is 381 g/mol. The Morgan fingerprint density at radius 1 is 1.23 bits per heavy atom. The van der Waals surface area contributed by atoms with E-state index in [1.807, 2.05) is 0 Å². The first-order chi connectivity index (χ1) is 12.4. The first-order valence-electron chi connectivity index (χ1n) is 7.75. The van der Waals surface area contributed by atoms with E-state index in [1.54, 1.807) is 18.2 Å². The van der Waals surface area contributed by atoms with E-state index in [4.69, 9.17) is 21.1 Å². The van der Waals surface area contributed by atoms with E-state index in [1.165, 1.54) is 0 Å². The van der Waals surface area contributed by atoms with Gasteiger partial charge in [-0.3, -0.25) is 9.59 Å². The van der Waals surface area contributed by atoms with Crippen LogP contribution in [-0.4, -0.2) is 25.1 Å². The molecule has 0 aromatic heterocycles. The number of ether oxygens (including phenoxy) is 2. The molecule has 8 heteroatoms. The molecule has 26 heavy (non-hydrogen) atoms. The van der Waals surface area contributed by atoms with Crippen molar-refractivity contribution in [3.63, 3.8) is 0 Å². The number of esters is 1. The van der Waals surface area contributed by atoms with Gasteiger partial charge >= 0.3 is 5.97 Å². The number of fused-ring (bicyclic) bond motifs is 1. The summed E-state index contributed by atoms with van der Waals surface area (Å²) in [7, 11) is 0. The van der Waals surface area contributed by atoms with Crippen LogP contribution in [0.15, 0.2) is 36.4 Å². The Balaban J connectivity index is 1.54. The molecule has 0 radical (unpaired) electrons. The summed E-state index contributed by atoms with van der Waals surface area (Å²) in [5, 5.41) is 2.68. The Kier molecular flexibility index (Phi) is 5.37. The Hall–Kier alpha value is -2.67. The molecule has 0 fully saturated rings. The molecule has 136 valence electrons. The van der Waals surface area contributed by atoms with Gasteiger partial charge in [-0.1, -0.05) is 11.6 Å². The first kappa shape index (κ1) is 18.1. The summed E-state index contributed by atoms with van der Waals surface area (Å²) >= 11 is 5.93. The average molecular weight is 382 g/mol. The number of anilines is 1. The maximum absolute atomic E-state index is 13.5. The van der Waals surface area contributed by atoms with Crippen LogP contribution >= 0.6 is 11.6 Å². The summed E-state index contributed by atoms with van der Waals surface area (Å²) in [4.78, 5) is 23.9. The Labute approximate surface area is 152 Å². The summed E-state index contributed by atoms with van der Waals surface area (Å²) in [5.41, 5.74) is 0.451. The van der Waals surface area contributed by atoms with Crippen molar-refractivity contribution in [3.05, 3.63) is 58.6 Å². The number of amides is 1. The second-order valence-electron chi connectivity index (χ2n) is 5.74. The maximum Gasteiger partial charge on any atom is 0.313 e. The van der Waals surface area contributed by atoms with E-state index in [-0.39, 0.29) is 12.3 Å². The number of hydrogen-bond acceptors (Lipinski definition) is 4. The smallest absolute Gasteiger partial charge is 0.313 e. The molecular formula is C18H14ClF2NO4.